The van der Waals surface area contributed by atoms with Crippen molar-refractivity contribution in [2.45, 2.75) is 13.1 Å². The summed E-state index contributed by atoms with van der Waals surface area (Å²) in [6.45, 7) is 0.602. The minimum atomic E-state index is -0.715. The van der Waals surface area contributed by atoms with Crippen LogP contribution in [0, 0.1) is 40.5 Å². The summed E-state index contributed by atoms with van der Waals surface area (Å²) < 4.78 is 0. The number of hydrogen-bond donors (Lipinski definition) is 0. The molecule has 0 aliphatic heterocycles. The molecule has 4 aromatic rings. The van der Waals surface area contributed by atoms with E-state index in [0.29, 0.717) is 0 Å². The average molecular weight is 573 g/mol. The second kappa shape index (κ2) is 13.0. The van der Waals surface area contributed by atoms with Crippen LogP contribution in [-0.4, -0.2) is 32.8 Å². The van der Waals surface area contributed by atoms with Gasteiger partial charge in [0.05, 0.1) is 31.8 Å². The van der Waals surface area contributed by atoms with E-state index in [9.17, 15) is 40.5 Å². The number of rotatable bonds is 13. The van der Waals surface area contributed by atoms with Crippen LogP contribution in [0.5, 0.6) is 0 Å². The highest BCUT2D eigenvalue weighted by Gasteiger charge is 2.27. The van der Waals surface area contributed by atoms with E-state index < -0.39 is 42.4 Å². The first-order valence-electron chi connectivity index (χ1n) is 12.6. The fourth-order valence-corrected chi connectivity index (χ4v) is 4.50. The summed E-state index contributed by atoms with van der Waals surface area (Å²) in [5.41, 5.74) is 0.0866. The summed E-state index contributed by atoms with van der Waals surface area (Å²) in [7, 11) is 0. The number of nitro benzene ring substituents is 4. The molecule has 4 rings (SSSR count). The maximum atomic E-state index is 12.0. The van der Waals surface area contributed by atoms with E-state index >= 15 is 0 Å². The van der Waals surface area contributed by atoms with Gasteiger partial charge in [-0.25, -0.2) is 0 Å². The predicted octanol–water partition coefficient (Wildman–Crippen LogP) is 6.03. The number of non-ortho nitro benzene ring substituents is 2. The van der Waals surface area contributed by atoms with Crippen LogP contribution >= 0.6 is 0 Å². The minimum Gasteiger partial charge on any atom is -0.360 e. The molecule has 0 aliphatic rings. The zero-order chi connectivity index (χ0) is 30.2. The van der Waals surface area contributed by atoms with Gasteiger partial charge in [-0.1, -0.05) is 60.7 Å². The molecular weight excluding hydrogens is 548 g/mol. The van der Waals surface area contributed by atoms with Crippen molar-refractivity contribution in [3.63, 3.8) is 0 Å². The number of hydrogen-bond acceptors (Lipinski definition) is 10. The highest BCUT2D eigenvalue weighted by atomic mass is 16.6. The molecule has 0 fully saturated rings. The zero-order valence-corrected chi connectivity index (χ0v) is 22.0. The number of benzene rings is 4. The van der Waals surface area contributed by atoms with Gasteiger partial charge in [-0.3, -0.25) is 40.5 Å². The Hall–Kier alpha value is -5.92. The Morgan fingerprint density at radius 3 is 1.14 bits per heavy atom. The molecule has 14 nitrogen and oxygen atoms in total. The molecule has 0 saturated heterocycles. The van der Waals surface area contributed by atoms with Gasteiger partial charge in [0.25, 0.3) is 22.7 Å². The lowest BCUT2D eigenvalue weighted by Gasteiger charge is -2.30. The summed E-state index contributed by atoms with van der Waals surface area (Å²) in [5, 5.41) is 46.6. The van der Waals surface area contributed by atoms with E-state index in [1.807, 2.05) is 36.4 Å². The number of nitrogens with zero attached hydrogens (tertiary/aromatic N) is 6. The molecule has 214 valence electrons. The Morgan fingerprint density at radius 1 is 0.476 bits per heavy atom. The second-order valence-corrected chi connectivity index (χ2v) is 9.19. The molecule has 0 unspecified atom stereocenters. The third-order valence-electron chi connectivity index (χ3n) is 6.49. The standard InChI is InChI=1S/C28H24N6O8/c35-31(36)23-11-13-25(27(17-23)33(39)40)29(19-21-7-3-1-4-8-21)15-16-30(20-22-9-5-2-6-10-22)26-14-12-24(32(37)38)18-28(26)34(41)42/h1-14,17-18H,15-16,19-20H2. The van der Waals surface area contributed by atoms with Gasteiger partial charge in [-0.05, 0) is 23.3 Å². The fraction of sp³-hybridized carbons (Fsp3) is 0.143. The molecular formula is C28H24N6O8. The molecule has 0 atom stereocenters. The average Bonchev–Trinajstić information content (AvgIpc) is 2.98. The topological polar surface area (TPSA) is 179 Å². The third-order valence-corrected chi connectivity index (χ3v) is 6.49. The Morgan fingerprint density at radius 2 is 0.833 bits per heavy atom. The Balaban J connectivity index is 1.76. The lowest BCUT2D eigenvalue weighted by atomic mass is 10.1. The van der Waals surface area contributed by atoms with Gasteiger partial charge in [0, 0.05) is 38.3 Å². The summed E-state index contributed by atoms with van der Waals surface area (Å²) in [4.78, 5) is 47.1. The molecule has 0 heterocycles. The SMILES string of the molecule is O=[N+]([O-])c1ccc(N(CCN(Cc2ccccc2)c2ccc([N+](=O)[O-])cc2[N+](=O)[O-])Cc2ccccc2)c([N+](=O)[O-])c1. The van der Waals surface area contributed by atoms with Crippen LogP contribution in [-0.2, 0) is 13.1 Å². The largest absolute Gasteiger partial charge is 0.360 e. The van der Waals surface area contributed by atoms with Gasteiger partial charge in [-0.2, -0.15) is 0 Å². The van der Waals surface area contributed by atoms with Crippen molar-refractivity contribution in [1.29, 1.82) is 0 Å². The number of anilines is 2. The lowest BCUT2D eigenvalue weighted by molar-refractivity contribution is -0.394. The molecule has 0 N–H and O–H groups in total. The van der Waals surface area contributed by atoms with E-state index in [2.05, 4.69) is 0 Å². The van der Waals surface area contributed by atoms with Gasteiger partial charge in [0.2, 0.25) is 0 Å². The highest BCUT2D eigenvalue weighted by molar-refractivity contribution is 5.69. The maximum absolute atomic E-state index is 12.0. The highest BCUT2D eigenvalue weighted by Crippen LogP contribution is 2.35. The predicted molar refractivity (Wildman–Crippen MR) is 154 cm³/mol. The van der Waals surface area contributed by atoms with Gasteiger partial charge < -0.3 is 9.80 Å². The van der Waals surface area contributed by atoms with Gasteiger partial charge >= 0.3 is 0 Å². The van der Waals surface area contributed by atoms with Crippen LogP contribution in [0.15, 0.2) is 97.1 Å². The lowest BCUT2D eigenvalue weighted by Crippen LogP contribution is -2.35. The van der Waals surface area contributed by atoms with Crippen LogP contribution in [0.3, 0.4) is 0 Å². The second-order valence-electron chi connectivity index (χ2n) is 9.19. The molecule has 0 spiro atoms. The molecule has 4 aromatic carbocycles. The molecule has 0 amide bonds. The monoisotopic (exact) mass is 572 g/mol. The molecule has 42 heavy (non-hydrogen) atoms. The fourth-order valence-electron chi connectivity index (χ4n) is 4.50. The van der Waals surface area contributed by atoms with Crippen molar-refractivity contribution in [3.8, 4) is 0 Å². The first-order chi connectivity index (χ1) is 20.1. The molecule has 0 saturated carbocycles. The molecule has 14 heteroatoms. The van der Waals surface area contributed by atoms with Crippen LogP contribution in [0.25, 0.3) is 0 Å². The van der Waals surface area contributed by atoms with Crippen molar-refractivity contribution < 1.29 is 19.7 Å². The van der Waals surface area contributed by atoms with E-state index in [1.165, 1.54) is 24.3 Å². The minimum absolute atomic E-state index is 0.106. The van der Waals surface area contributed by atoms with Crippen molar-refractivity contribution in [2.75, 3.05) is 22.9 Å². The Bertz CT molecular complexity index is 1500. The smallest absolute Gasteiger partial charge is 0.299 e. The summed E-state index contributed by atoms with van der Waals surface area (Å²) in [6.07, 6.45) is 0. The van der Waals surface area contributed by atoms with Crippen LogP contribution in [0.2, 0.25) is 0 Å². The maximum Gasteiger partial charge on any atom is 0.299 e. The van der Waals surface area contributed by atoms with Crippen molar-refractivity contribution in [1.82, 2.24) is 0 Å². The first-order valence-corrected chi connectivity index (χ1v) is 12.6. The van der Waals surface area contributed by atoms with E-state index in [4.69, 9.17) is 0 Å². The van der Waals surface area contributed by atoms with E-state index in [-0.39, 0.29) is 37.6 Å². The quantitative estimate of drug-likeness (QED) is 0.135. The summed E-state index contributed by atoms with van der Waals surface area (Å²) in [6, 6.07) is 25.0. The Kier molecular flexibility index (Phi) is 8.97. The van der Waals surface area contributed by atoms with Gasteiger partial charge in [0.1, 0.15) is 11.4 Å². The summed E-state index contributed by atoms with van der Waals surface area (Å²) >= 11 is 0. The van der Waals surface area contributed by atoms with Gasteiger partial charge in [-0.15, -0.1) is 0 Å². The third kappa shape index (κ3) is 6.98. The first kappa shape index (κ1) is 29.1. The molecule has 0 radical (unpaired) electrons. The van der Waals surface area contributed by atoms with E-state index in [1.54, 1.807) is 34.1 Å². The van der Waals surface area contributed by atoms with Crippen molar-refractivity contribution >= 4 is 34.1 Å². The van der Waals surface area contributed by atoms with Crippen molar-refractivity contribution in [2.24, 2.45) is 0 Å². The Labute approximate surface area is 238 Å². The van der Waals surface area contributed by atoms with Gasteiger partial charge in [0.15, 0.2) is 0 Å². The number of nitro groups is 4. The van der Waals surface area contributed by atoms with Crippen molar-refractivity contribution in [3.05, 3.63) is 149 Å². The van der Waals surface area contributed by atoms with E-state index in [0.717, 1.165) is 23.3 Å². The molecule has 0 bridgehead atoms. The molecule has 0 aromatic heterocycles. The van der Waals surface area contributed by atoms with Crippen LogP contribution in [0.1, 0.15) is 11.1 Å². The summed E-state index contributed by atoms with van der Waals surface area (Å²) in [5.74, 6) is 0. The van der Waals surface area contributed by atoms with Crippen LogP contribution in [0.4, 0.5) is 34.1 Å². The molecule has 0 aliphatic carbocycles. The van der Waals surface area contributed by atoms with Crippen LogP contribution < -0.4 is 9.80 Å². The normalized spacial score (nSPS) is 10.6. The zero-order valence-electron chi connectivity index (χ0n) is 22.0.